The Labute approximate surface area is 91.4 Å². The first-order valence-corrected chi connectivity index (χ1v) is 5.42. The van der Waals surface area contributed by atoms with Crippen LogP contribution in [0.3, 0.4) is 0 Å². The van der Waals surface area contributed by atoms with Crippen LogP contribution in [0.1, 0.15) is 6.42 Å². The van der Waals surface area contributed by atoms with Crippen LogP contribution in [0.15, 0.2) is 12.1 Å². The van der Waals surface area contributed by atoms with E-state index in [1.807, 2.05) is 0 Å². The van der Waals surface area contributed by atoms with E-state index in [0.717, 1.165) is 11.4 Å². The minimum atomic E-state index is -0.225. The Morgan fingerprint density at radius 2 is 2.36 bits per heavy atom. The molecule has 0 bridgehead atoms. The van der Waals surface area contributed by atoms with Crippen molar-refractivity contribution in [2.45, 2.75) is 6.42 Å². The molecular weight excluding hydrogens is 222 g/mol. The van der Waals surface area contributed by atoms with E-state index in [-0.39, 0.29) is 6.03 Å². The molecule has 0 radical (unpaired) electrons. The van der Waals surface area contributed by atoms with Gasteiger partial charge in [-0.2, -0.15) is 0 Å². The van der Waals surface area contributed by atoms with Crippen LogP contribution in [0.25, 0.3) is 0 Å². The third kappa shape index (κ3) is 3.95. The van der Waals surface area contributed by atoms with E-state index >= 15 is 0 Å². The van der Waals surface area contributed by atoms with E-state index in [1.165, 1.54) is 11.3 Å². The second-order valence-corrected chi connectivity index (χ2v) is 4.34. The zero-order valence-corrected chi connectivity index (χ0v) is 9.12. The average molecular weight is 234 g/mol. The minimum Gasteiger partial charge on any atom is -0.338 e. The van der Waals surface area contributed by atoms with Crippen molar-refractivity contribution in [3.05, 3.63) is 16.5 Å². The number of thiophene rings is 1. The number of halogens is 1. The standard InChI is InChI=1S/C8H12ClN3OS/c9-6-2-3-7(14-6)12-8(13)11-5-1-4-10/h2-3H,1,4-5,10H2,(H2,11,12,13). The van der Waals surface area contributed by atoms with Crippen LogP contribution >= 0.6 is 22.9 Å². The molecule has 1 heterocycles. The van der Waals surface area contributed by atoms with Gasteiger partial charge in [-0.25, -0.2) is 4.79 Å². The Balaban J connectivity index is 2.27. The highest BCUT2D eigenvalue weighted by atomic mass is 35.5. The van der Waals surface area contributed by atoms with Gasteiger partial charge in [-0.3, -0.25) is 5.32 Å². The van der Waals surface area contributed by atoms with Crippen LogP contribution < -0.4 is 16.4 Å². The number of rotatable bonds is 4. The van der Waals surface area contributed by atoms with E-state index in [9.17, 15) is 4.79 Å². The SMILES string of the molecule is NCCCNC(=O)Nc1ccc(Cl)s1. The molecule has 0 spiro atoms. The minimum absolute atomic E-state index is 0.225. The number of hydrogen-bond acceptors (Lipinski definition) is 3. The van der Waals surface area contributed by atoms with Gasteiger partial charge in [0.15, 0.2) is 0 Å². The van der Waals surface area contributed by atoms with Crippen LogP contribution in [0, 0.1) is 0 Å². The molecule has 4 N–H and O–H groups in total. The Bertz CT molecular complexity index is 303. The van der Waals surface area contributed by atoms with Crippen LogP contribution in [0.4, 0.5) is 9.80 Å². The summed E-state index contributed by atoms with van der Waals surface area (Å²) in [6.07, 6.45) is 0.776. The molecule has 0 aromatic carbocycles. The first kappa shape index (κ1) is 11.3. The maximum absolute atomic E-state index is 11.2. The van der Waals surface area contributed by atoms with Gasteiger partial charge in [-0.15, -0.1) is 11.3 Å². The fraction of sp³-hybridized carbons (Fsp3) is 0.375. The molecule has 1 rings (SSSR count). The summed E-state index contributed by atoms with van der Waals surface area (Å²) in [5.74, 6) is 0. The number of nitrogens with one attached hydrogen (secondary N) is 2. The Kier molecular flexibility index (Phi) is 4.72. The fourth-order valence-electron chi connectivity index (χ4n) is 0.842. The largest absolute Gasteiger partial charge is 0.338 e. The number of urea groups is 1. The van der Waals surface area contributed by atoms with Crippen LogP contribution in [0.2, 0.25) is 4.34 Å². The van der Waals surface area contributed by atoms with Crippen LogP contribution in [0.5, 0.6) is 0 Å². The van der Waals surface area contributed by atoms with Crippen molar-refractivity contribution in [1.29, 1.82) is 0 Å². The third-order valence-electron chi connectivity index (χ3n) is 1.48. The van der Waals surface area contributed by atoms with Gasteiger partial charge in [0.2, 0.25) is 0 Å². The highest BCUT2D eigenvalue weighted by Crippen LogP contribution is 2.25. The smallest absolute Gasteiger partial charge is 0.319 e. The lowest BCUT2D eigenvalue weighted by Crippen LogP contribution is -2.30. The quantitative estimate of drug-likeness (QED) is 0.695. The summed E-state index contributed by atoms with van der Waals surface area (Å²) < 4.78 is 0.655. The maximum atomic E-state index is 11.2. The Morgan fingerprint density at radius 3 is 2.93 bits per heavy atom. The fourth-order valence-corrected chi connectivity index (χ4v) is 1.78. The van der Waals surface area contributed by atoms with Crippen molar-refractivity contribution >= 4 is 34.0 Å². The van der Waals surface area contributed by atoms with Gasteiger partial charge in [0.05, 0.1) is 9.34 Å². The van der Waals surface area contributed by atoms with Gasteiger partial charge >= 0.3 is 6.03 Å². The first-order valence-electron chi connectivity index (χ1n) is 4.22. The van der Waals surface area contributed by atoms with E-state index in [2.05, 4.69) is 10.6 Å². The van der Waals surface area contributed by atoms with E-state index in [1.54, 1.807) is 12.1 Å². The first-order chi connectivity index (χ1) is 6.72. The molecule has 0 unspecified atom stereocenters. The van der Waals surface area contributed by atoms with Gasteiger partial charge in [-0.05, 0) is 25.1 Å². The predicted octanol–water partition coefficient (Wildman–Crippen LogP) is 1.87. The summed E-state index contributed by atoms with van der Waals surface area (Å²) >= 11 is 7.03. The normalized spacial score (nSPS) is 9.86. The monoisotopic (exact) mass is 233 g/mol. The molecule has 0 atom stereocenters. The van der Waals surface area contributed by atoms with Crippen molar-refractivity contribution in [2.24, 2.45) is 5.73 Å². The number of carbonyl (C=O) groups excluding carboxylic acids is 1. The molecule has 1 aromatic rings. The average Bonchev–Trinajstić information content (AvgIpc) is 2.52. The lowest BCUT2D eigenvalue weighted by molar-refractivity contribution is 0.252. The Morgan fingerprint density at radius 1 is 1.57 bits per heavy atom. The van der Waals surface area contributed by atoms with Gasteiger partial charge in [0.25, 0.3) is 0 Å². The molecule has 6 heteroatoms. The number of nitrogens with two attached hydrogens (primary N) is 1. The third-order valence-corrected chi connectivity index (χ3v) is 2.62. The number of carbonyl (C=O) groups is 1. The number of hydrogen-bond donors (Lipinski definition) is 3. The highest BCUT2D eigenvalue weighted by Gasteiger charge is 2.02. The van der Waals surface area contributed by atoms with Crippen LogP contribution in [-0.2, 0) is 0 Å². The molecule has 14 heavy (non-hydrogen) atoms. The van der Waals surface area contributed by atoms with Gasteiger partial charge in [-0.1, -0.05) is 11.6 Å². The zero-order chi connectivity index (χ0) is 10.4. The highest BCUT2D eigenvalue weighted by molar-refractivity contribution is 7.20. The molecule has 0 saturated carbocycles. The van der Waals surface area contributed by atoms with Crippen molar-refractivity contribution in [1.82, 2.24) is 5.32 Å². The van der Waals surface area contributed by atoms with E-state index < -0.39 is 0 Å². The zero-order valence-electron chi connectivity index (χ0n) is 7.55. The predicted molar refractivity (Wildman–Crippen MR) is 60.0 cm³/mol. The molecular formula is C8H12ClN3OS. The summed E-state index contributed by atoms with van der Waals surface area (Å²) in [6, 6.07) is 3.27. The molecule has 0 fully saturated rings. The summed E-state index contributed by atoms with van der Waals surface area (Å²) in [5, 5.41) is 6.08. The summed E-state index contributed by atoms with van der Waals surface area (Å²) in [6.45, 7) is 1.16. The number of anilines is 1. The molecule has 0 saturated heterocycles. The summed E-state index contributed by atoms with van der Waals surface area (Å²) in [7, 11) is 0. The summed E-state index contributed by atoms with van der Waals surface area (Å²) in [5.41, 5.74) is 5.28. The molecule has 0 aliphatic heterocycles. The van der Waals surface area contributed by atoms with Crippen molar-refractivity contribution in [3.8, 4) is 0 Å². The molecule has 2 amide bonds. The second-order valence-electron chi connectivity index (χ2n) is 2.63. The van der Waals surface area contributed by atoms with Gasteiger partial charge < -0.3 is 11.1 Å². The topological polar surface area (TPSA) is 67.1 Å². The second kappa shape index (κ2) is 5.85. The molecule has 0 aliphatic carbocycles. The van der Waals surface area contributed by atoms with Crippen LogP contribution in [-0.4, -0.2) is 19.1 Å². The molecule has 1 aromatic heterocycles. The lowest BCUT2D eigenvalue weighted by Gasteiger charge is -2.04. The van der Waals surface area contributed by atoms with Crippen molar-refractivity contribution < 1.29 is 4.79 Å². The van der Waals surface area contributed by atoms with Crippen molar-refractivity contribution in [2.75, 3.05) is 18.4 Å². The molecule has 4 nitrogen and oxygen atoms in total. The summed E-state index contributed by atoms with van der Waals surface area (Å²) in [4.78, 5) is 11.2. The van der Waals surface area contributed by atoms with E-state index in [0.29, 0.717) is 17.4 Å². The van der Waals surface area contributed by atoms with Gasteiger partial charge in [0, 0.05) is 6.54 Å². The number of amides is 2. The Hall–Kier alpha value is -0.780. The molecule has 0 aliphatic rings. The lowest BCUT2D eigenvalue weighted by atomic mass is 10.4. The van der Waals surface area contributed by atoms with E-state index in [4.69, 9.17) is 17.3 Å². The van der Waals surface area contributed by atoms with Gasteiger partial charge in [0.1, 0.15) is 0 Å². The maximum Gasteiger partial charge on any atom is 0.319 e. The van der Waals surface area contributed by atoms with Crippen molar-refractivity contribution in [3.63, 3.8) is 0 Å². The molecule has 78 valence electrons.